The molecule has 0 saturated carbocycles. The number of rotatable bonds is 3. The van der Waals surface area contributed by atoms with Gasteiger partial charge in [0, 0.05) is 47.7 Å². The maximum absolute atomic E-state index is 10.8. The summed E-state index contributed by atoms with van der Waals surface area (Å²) in [6.45, 7) is 1.66. The third-order valence-electron chi connectivity index (χ3n) is 4.44. The van der Waals surface area contributed by atoms with Gasteiger partial charge in [0.1, 0.15) is 6.04 Å². The molecule has 0 radical (unpaired) electrons. The van der Waals surface area contributed by atoms with Crippen LogP contribution in [0, 0.1) is 10.1 Å². The summed E-state index contributed by atoms with van der Waals surface area (Å²) in [5, 5.41) is 16.7. The van der Waals surface area contributed by atoms with Crippen LogP contribution in [0.15, 0.2) is 60.1 Å². The van der Waals surface area contributed by atoms with Gasteiger partial charge < -0.3 is 14.8 Å². The standard InChI is InChI=1S/C18H16N4O2S2/c23-22(24)14-7-5-13(6-8-14)19-18(25)21-11-10-20-9-1-3-15(20)17(21)16-4-2-12-26-16/h1-9,12,17H,10-11H2,(H,19,25)/t17-/m1/s1. The topological polar surface area (TPSA) is 63.3 Å². The number of hydrogen-bond donors (Lipinski definition) is 1. The molecule has 0 bridgehead atoms. The third-order valence-corrected chi connectivity index (χ3v) is 5.70. The number of nitro groups is 1. The van der Waals surface area contributed by atoms with Crippen molar-refractivity contribution in [3.63, 3.8) is 0 Å². The summed E-state index contributed by atoms with van der Waals surface area (Å²) < 4.78 is 2.26. The van der Waals surface area contributed by atoms with Crippen molar-refractivity contribution in [2.24, 2.45) is 0 Å². The largest absolute Gasteiger partial charge is 0.347 e. The molecular formula is C18H16N4O2S2. The summed E-state index contributed by atoms with van der Waals surface area (Å²) in [4.78, 5) is 13.8. The highest BCUT2D eigenvalue weighted by Gasteiger charge is 2.31. The number of hydrogen-bond acceptors (Lipinski definition) is 4. The first-order valence-corrected chi connectivity index (χ1v) is 9.43. The molecule has 1 aromatic carbocycles. The fourth-order valence-electron chi connectivity index (χ4n) is 3.21. The van der Waals surface area contributed by atoms with Gasteiger partial charge in [-0.2, -0.15) is 0 Å². The van der Waals surface area contributed by atoms with Crippen LogP contribution in [0.1, 0.15) is 16.6 Å². The minimum atomic E-state index is -0.409. The van der Waals surface area contributed by atoms with Gasteiger partial charge in [-0.3, -0.25) is 10.1 Å². The zero-order valence-electron chi connectivity index (χ0n) is 13.7. The lowest BCUT2D eigenvalue weighted by molar-refractivity contribution is -0.384. The molecule has 0 amide bonds. The average molecular weight is 384 g/mol. The van der Waals surface area contributed by atoms with Crippen LogP contribution in [0.25, 0.3) is 0 Å². The van der Waals surface area contributed by atoms with Gasteiger partial charge in [0.05, 0.1) is 4.92 Å². The predicted molar refractivity (Wildman–Crippen MR) is 107 cm³/mol. The summed E-state index contributed by atoms with van der Waals surface area (Å²) in [6.07, 6.45) is 2.10. The van der Waals surface area contributed by atoms with E-state index in [1.807, 2.05) is 6.07 Å². The van der Waals surface area contributed by atoms with Crippen molar-refractivity contribution in [2.45, 2.75) is 12.6 Å². The van der Waals surface area contributed by atoms with Crippen molar-refractivity contribution in [3.05, 3.63) is 80.8 Å². The number of nitrogens with zero attached hydrogens (tertiary/aromatic N) is 3. The molecule has 2 aromatic heterocycles. The predicted octanol–water partition coefficient (Wildman–Crippen LogP) is 4.26. The molecule has 1 aliphatic rings. The first-order valence-electron chi connectivity index (χ1n) is 8.14. The van der Waals surface area contributed by atoms with E-state index in [0.717, 1.165) is 18.8 Å². The van der Waals surface area contributed by atoms with Gasteiger partial charge in [0.15, 0.2) is 5.11 Å². The van der Waals surface area contributed by atoms with E-state index in [9.17, 15) is 10.1 Å². The maximum atomic E-state index is 10.8. The van der Waals surface area contributed by atoms with Gasteiger partial charge in [-0.1, -0.05) is 6.07 Å². The summed E-state index contributed by atoms with van der Waals surface area (Å²) in [6, 6.07) is 14.7. The quantitative estimate of drug-likeness (QED) is 0.415. The Kier molecular flexibility index (Phi) is 4.44. The highest BCUT2D eigenvalue weighted by molar-refractivity contribution is 7.80. The van der Waals surface area contributed by atoms with Crippen LogP contribution in [0.3, 0.4) is 0 Å². The molecule has 1 atom stereocenters. The van der Waals surface area contributed by atoms with E-state index < -0.39 is 4.92 Å². The van der Waals surface area contributed by atoms with Gasteiger partial charge >= 0.3 is 0 Å². The van der Waals surface area contributed by atoms with Crippen molar-refractivity contribution in [1.29, 1.82) is 0 Å². The van der Waals surface area contributed by atoms with Crippen molar-refractivity contribution < 1.29 is 4.92 Å². The molecule has 6 nitrogen and oxygen atoms in total. The number of thiocarbonyl (C=S) groups is 1. The molecule has 0 fully saturated rings. The van der Waals surface area contributed by atoms with Crippen LogP contribution in [-0.4, -0.2) is 26.0 Å². The van der Waals surface area contributed by atoms with Gasteiger partial charge in [-0.05, 0) is 47.9 Å². The van der Waals surface area contributed by atoms with Crippen LogP contribution in [-0.2, 0) is 6.54 Å². The minimum Gasteiger partial charge on any atom is -0.347 e. The van der Waals surface area contributed by atoms with E-state index in [1.165, 1.54) is 22.7 Å². The number of thiophene rings is 1. The van der Waals surface area contributed by atoms with Crippen molar-refractivity contribution in [2.75, 3.05) is 11.9 Å². The highest BCUT2D eigenvalue weighted by Crippen LogP contribution is 2.35. The lowest BCUT2D eigenvalue weighted by atomic mass is 10.1. The van der Waals surface area contributed by atoms with Crippen molar-refractivity contribution >= 4 is 40.0 Å². The maximum Gasteiger partial charge on any atom is 0.269 e. The molecule has 132 valence electrons. The summed E-state index contributed by atoms with van der Waals surface area (Å²) >= 11 is 7.38. The van der Waals surface area contributed by atoms with Gasteiger partial charge in [0.2, 0.25) is 0 Å². The first-order chi connectivity index (χ1) is 12.6. The Hall–Kier alpha value is -2.71. The summed E-state index contributed by atoms with van der Waals surface area (Å²) in [5.41, 5.74) is 2.02. The molecule has 0 saturated heterocycles. The monoisotopic (exact) mass is 384 g/mol. The number of aromatic nitrogens is 1. The zero-order chi connectivity index (χ0) is 18.1. The fraction of sp³-hybridized carbons (Fsp3) is 0.167. The number of benzene rings is 1. The van der Waals surface area contributed by atoms with Gasteiger partial charge in [0.25, 0.3) is 5.69 Å². The van der Waals surface area contributed by atoms with E-state index in [1.54, 1.807) is 23.5 Å². The average Bonchev–Trinajstić information content (AvgIpc) is 3.32. The molecule has 8 heteroatoms. The normalized spacial score (nSPS) is 16.2. The number of fused-ring (bicyclic) bond motifs is 1. The van der Waals surface area contributed by atoms with E-state index in [4.69, 9.17) is 12.2 Å². The zero-order valence-corrected chi connectivity index (χ0v) is 15.4. The van der Waals surface area contributed by atoms with E-state index in [-0.39, 0.29) is 11.7 Å². The lowest BCUT2D eigenvalue weighted by Crippen LogP contribution is -2.44. The molecule has 26 heavy (non-hydrogen) atoms. The van der Waals surface area contributed by atoms with Crippen LogP contribution in [0.4, 0.5) is 11.4 Å². The molecule has 3 aromatic rings. The molecular weight excluding hydrogens is 368 g/mol. The summed E-state index contributed by atoms with van der Waals surface area (Å²) in [7, 11) is 0. The second-order valence-corrected chi connectivity index (χ2v) is 7.34. The fourth-order valence-corrected chi connectivity index (χ4v) is 4.37. The van der Waals surface area contributed by atoms with Gasteiger partial charge in [-0.15, -0.1) is 11.3 Å². The molecule has 0 unspecified atom stereocenters. The molecule has 0 aliphatic carbocycles. The third kappa shape index (κ3) is 3.09. The summed E-state index contributed by atoms with van der Waals surface area (Å²) in [5.74, 6) is 0. The second kappa shape index (κ2) is 6.89. The lowest BCUT2D eigenvalue weighted by Gasteiger charge is -2.38. The molecule has 4 rings (SSSR count). The Morgan fingerprint density at radius 2 is 2.00 bits per heavy atom. The van der Waals surface area contributed by atoms with Gasteiger partial charge in [-0.25, -0.2) is 0 Å². The highest BCUT2D eigenvalue weighted by atomic mass is 32.1. The molecule has 1 aliphatic heterocycles. The first kappa shape index (κ1) is 16.7. The number of anilines is 1. The van der Waals surface area contributed by atoms with Crippen LogP contribution in [0.5, 0.6) is 0 Å². The van der Waals surface area contributed by atoms with E-state index in [0.29, 0.717) is 5.11 Å². The van der Waals surface area contributed by atoms with Crippen molar-refractivity contribution in [3.8, 4) is 0 Å². The Balaban J connectivity index is 1.59. The Morgan fingerprint density at radius 1 is 1.19 bits per heavy atom. The van der Waals surface area contributed by atoms with Crippen LogP contribution < -0.4 is 5.32 Å². The van der Waals surface area contributed by atoms with E-state index in [2.05, 4.69) is 44.6 Å². The number of nitro benzene ring substituents is 1. The van der Waals surface area contributed by atoms with E-state index >= 15 is 0 Å². The SMILES string of the molecule is O=[N+]([O-])c1ccc(NC(=S)N2CCn3cccc3[C@@H]2c2cccs2)cc1. The number of non-ortho nitro benzene ring substituents is 1. The Bertz CT molecular complexity index is 935. The second-order valence-electron chi connectivity index (χ2n) is 5.97. The Morgan fingerprint density at radius 3 is 2.69 bits per heavy atom. The van der Waals surface area contributed by atoms with Crippen molar-refractivity contribution in [1.82, 2.24) is 9.47 Å². The van der Waals surface area contributed by atoms with Crippen LogP contribution >= 0.6 is 23.6 Å². The van der Waals surface area contributed by atoms with Crippen LogP contribution in [0.2, 0.25) is 0 Å². The molecule has 0 spiro atoms. The number of nitrogens with one attached hydrogen (secondary N) is 1. The minimum absolute atomic E-state index is 0.0636. The molecule has 1 N–H and O–H groups in total. The smallest absolute Gasteiger partial charge is 0.269 e. The molecule has 3 heterocycles. The Labute approximate surface area is 159 Å².